The van der Waals surface area contributed by atoms with Crippen molar-refractivity contribution in [2.75, 3.05) is 19.8 Å². The van der Waals surface area contributed by atoms with Crippen molar-refractivity contribution in [3.63, 3.8) is 0 Å². The third-order valence-corrected chi connectivity index (χ3v) is 7.32. The Bertz CT molecular complexity index is 1130. The lowest BCUT2D eigenvalue weighted by molar-refractivity contribution is 0.0827. The van der Waals surface area contributed by atoms with E-state index in [2.05, 4.69) is 50.2 Å². The van der Waals surface area contributed by atoms with Crippen LogP contribution in [0.25, 0.3) is 0 Å². The molecule has 0 saturated carbocycles. The van der Waals surface area contributed by atoms with E-state index >= 15 is 0 Å². The lowest BCUT2D eigenvalue weighted by atomic mass is 9.83. The van der Waals surface area contributed by atoms with Gasteiger partial charge in [0.15, 0.2) is 5.78 Å². The van der Waals surface area contributed by atoms with E-state index in [9.17, 15) is 9.59 Å². The van der Waals surface area contributed by atoms with E-state index in [1.165, 1.54) is 16.7 Å². The summed E-state index contributed by atoms with van der Waals surface area (Å²) in [6, 6.07) is 24.4. The van der Waals surface area contributed by atoms with Crippen molar-refractivity contribution >= 4 is 17.4 Å². The van der Waals surface area contributed by atoms with E-state index in [1.807, 2.05) is 36.4 Å². The lowest BCUT2D eigenvalue weighted by Gasteiger charge is -2.22. The standard InChI is InChI=1S/C32H40N2O2/c1-22(25-10-16-30(17-11-25)32(36)34(4)5)6-8-28(29-14-12-27(13-15-29)24(3)35)9-7-23(2)26-18-20-31(33)21-19-26/h10-23,28H,6-9,33H2,1-5H3. The second kappa shape index (κ2) is 12.5. The highest BCUT2D eigenvalue weighted by Crippen LogP contribution is 2.34. The van der Waals surface area contributed by atoms with Gasteiger partial charge in [0.2, 0.25) is 0 Å². The summed E-state index contributed by atoms with van der Waals surface area (Å²) in [7, 11) is 3.55. The van der Waals surface area contributed by atoms with Gasteiger partial charge in [0.05, 0.1) is 0 Å². The highest BCUT2D eigenvalue weighted by atomic mass is 16.2. The molecule has 3 aromatic rings. The second-order valence-electron chi connectivity index (χ2n) is 10.3. The maximum Gasteiger partial charge on any atom is 0.253 e. The van der Waals surface area contributed by atoms with Gasteiger partial charge in [-0.25, -0.2) is 0 Å². The van der Waals surface area contributed by atoms with Gasteiger partial charge in [-0.15, -0.1) is 0 Å². The van der Waals surface area contributed by atoms with Gasteiger partial charge in [-0.2, -0.15) is 0 Å². The van der Waals surface area contributed by atoms with Crippen LogP contribution in [0.5, 0.6) is 0 Å². The van der Waals surface area contributed by atoms with Gasteiger partial charge in [-0.05, 0) is 91.3 Å². The number of hydrogen-bond acceptors (Lipinski definition) is 3. The van der Waals surface area contributed by atoms with Gasteiger partial charge >= 0.3 is 0 Å². The number of nitrogens with zero attached hydrogens (tertiary/aromatic N) is 1. The Kier molecular flexibility index (Phi) is 9.46. The van der Waals surface area contributed by atoms with Crippen LogP contribution in [0.15, 0.2) is 72.8 Å². The van der Waals surface area contributed by atoms with Crippen LogP contribution in [0.3, 0.4) is 0 Å². The number of rotatable bonds is 11. The summed E-state index contributed by atoms with van der Waals surface area (Å²) < 4.78 is 0. The predicted octanol–water partition coefficient (Wildman–Crippen LogP) is 7.42. The summed E-state index contributed by atoms with van der Waals surface area (Å²) in [6.07, 6.45) is 4.27. The molecule has 4 nitrogen and oxygen atoms in total. The zero-order valence-electron chi connectivity index (χ0n) is 22.3. The van der Waals surface area contributed by atoms with E-state index in [4.69, 9.17) is 5.73 Å². The lowest BCUT2D eigenvalue weighted by Crippen LogP contribution is -2.21. The molecule has 3 atom stereocenters. The van der Waals surface area contributed by atoms with Gasteiger partial charge < -0.3 is 10.6 Å². The number of nitrogen functional groups attached to an aromatic ring is 1. The predicted molar refractivity (Wildman–Crippen MR) is 150 cm³/mol. The minimum absolute atomic E-state index is 0.0264. The maximum atomic E-state index is 12.2. The first-order chi connectivity index (χ1) is 17.2. The summed E-state index contributed by atoms with van der Waals surface area (Å²) in [4.78, 5) is 25.6. The van der Waals surface area contributed by atoms with Gasteiger partial charge in [0.1, 0.15) is 0 Å². The minimum Gasteiger partial charge on any atom is -0.399 e. The molecule has 3 rings (SSSR count). The van der Waals surface area contributed by atoms with Gasteiger partial charge in [-0.1, -0.05) is 62.4 Å². The second-order valence-corrected chi connectivity index (χ2v) is 10.3. The third kappa shape index (κ3) is 7.30. The highest BCUT2D eigenvalue weighted by molar-refractivity contribution is 5.94. The maximum absolute atomic E-state index is 12.2. The molecule has 0 aliphatic rings. The largest absolute Gasteiger partial charge is 0.399 e. The smallest absolute Gasteiger partial charge is 0.253 e. The third-order valence-electron chi connectivity index (χ3n) is 7.32. The van der Waals surface area contributed by atoms with E-state index in [-0.39, 0.29) is 11.7 Å². The van der Waals surface area contributed by atoms with Crippen molar-refractivity contribution < 1.29 is 9.59 Å². The molecule has 36 heavy (non-hydrogen) atoms. The van der Waals surface area contributed by atoms with Crippen molar-refractivity contribution in [1.82, 2.24) is 4.90 Å². The van der Waals surface area contributed by atoms with Crippen LogP contribution in [0, 0.1) is 0 Å². The first-order valence-electron chi connectivity index (χ1n) is 12.9. The van der Waals surface area contributed by atoms with Crippen LogP contribution in [-0.4, -0.2) is 30.7 Å². The molecule has 0 aliphatic heterocycles. The van der Waals surface area contributed by atoms with Gasteiger partial charge in [0, 0.05) is 30.9 Å². The average Bonchev–Trinajstić information content (AvgIpc) is 2.88. The summed E-state index contributed by atoms with van der Waals surface area (Å²) in [5.74, 6) is 1.38. The van der Waals surface area contributed by atoms with E-state index in [1.54, 1.807) is 25.9 Å². The molecule has 0 heterocycles. The molecular weight excluding hydrogens is 444 g/mol. The quantitative estimate of drug-likeness (QED) is 0.227. The van der Waals surface area contributed by atoms with Crippen molar-refractivity contribution in [3.05, 3.63) is 101 Å². The molecule has 3 aromatic carbocycles. The minimum atomic E-state index is 0.0264. The summed E-state index contributed by atoms with van der Waals surface area (Å²) in [5.41, 5.74) is 12.0. The number of carbonyl (C=O) groups is 2. The molecule has 0 fully saturated rings. The van der Waals surface area contributed by atoms with E-state index in [0.29, 0.717) is 17.8 Å². The normalized spacial score (nSPS) is 13.6. The van der Waals surface area contributed by atoms with Gasteiger partial charge in [0.25, 0.3) is 5.91 Å². The summed E-state index contributed by atoms with van der Waals surface area (Å²) in [5, 5.41) is 0. The van der Waals surface area contributed by atoms with E-state index < -0.39 is 0 Å². The SMILES string of the molecule is CC(=O)c1ccc(C(CCC(C)c2ccc(N)cc2)CCC(C)c2ccc(C(=O)N(C)C)cc2)cc1. The molecule has 0 saturated heterocycles. The van der Waals surface area contributed by atoms with E-state index in [0.717, 1.165) is 42.5 Å². The highest BCUT2D eigenvalue weighted by Gasteiger charge is 2.18. The number of Topliss-reactive ketones (excluding diaryl/α,β-unsaturated/α-hetero) is 1. The fourth-order valence-electron chi connectivity index (χ4n) is 4.74. The Hall–Kier alpha value is -3.40. The molecule has 1 amide bonds. The Morgan fingerprint density at radius 3 is 1.53 bits per heavy atom. The molecule has 0 bridgehead atoms. The van der Waals surface area contributed by atoms with Crippen LogP contribution in [0.4, 0.5) is 5.69 Å². The Morgan fingerprint density at radius 2 is 1.08 bits per heavy atom. The number of anilines is 1. The topological polar surface area (TPSA) is 63.4 Å². The monoisotopic (exact) mass is 484 g/mol. The number of amides is 1. The van der Waals surface area contributed by atoms with Crippen LogP contribution in [-0.2, 0) is 0 Å². The molecular formula is C32H40N2O2. The number of hydrogen-bond donors (Lipinski definition) is 1. The van der Waals surface area contributed by atoms with Gasteiger partial charge in [-0.3, -0.25) is 9.59 Å². The molecule has 190 valence electrons. The molecule has 0 radical (unpaired) electrons. The Morgan fingerprint density at radius 1 is 0.667 bits per heavy atom. The Balaban J connectivity index is 1.70. The average molecular weight is 485 g/mol. The summed E-state index contributed by atoms with van der Waals surface area (Å²) in [6.45, 7) is 6.15. The number of nitrogens with two attached hydrogens (primary N) is 1. The zero-order chi connectivity index (χ0) is 26.2. The molecule has 2 N–H and O–H groups in total. The first-order valence-corrected chi connectivity index (χ1v) is 12.9. The van der Waals surface area contributed by atoms with Crippen LogP contribution < -0.4 is 5.73 Å². The van der Waals surface area contributed by atoms with Crippen molar-refractivity contribution in [2.45, 2.75) is 64.2 Å². The zero-order valence-corrected chi connectivity index (χ0v) is 22.3. The number of ketones is 1. The number of benzene rings is 3. The van der Waals surface area contributed by atoms with Crippen molar-refractivity contribution in [2.24, 2.45) is 0 Å². The first kappa shape index (κ1) is 27.2. The fraction of sp³-hybridized carbons (Fsp3) is 0.375. The molecule has 0 aromatic heterocycles. The molecule has 0 aliphatic carbocycles. The van der Waals surface area contributed by atoms with Crippen LogP contribution in [0.2, 0.25) is 0 Å². The fourth-order valence-corrected chi connectivity index (χ4v) is 4.74. The molecule has 3 unspecified atom stereocenters. The van der Waals surface area contributed by atoms with Crippen molar-refractivity contribution in [1.29, 1.82) is 0 Å². The molecule has 4 heteroatoms. The summed E-state index contributed by atoms with van der Waals surface area (Å²) >= 11 is 0. The van der Waals surface area contributed by atoms with Crippen molar-refractivity contribution in [3.8, 4) is 0 Å². The van der Waals surface area contributed by atoms with Crippen LogP contribution in [0.1, 0.15) is 102 Å². The van der Waals surface area contributed by atoms with Crippen LogP contribution >= 0.6 is 0 Å². The molecule has 0 spiro atoms. The number of carbonyl (C=O) groups excluding carboxylic acids is 2. The Labute approximate surface area is 216 Å².